The van der Waals surface area contributed by atoms with E-state index in [0.29, 0.717) is 0 Å². The van der Waals surface area contributed by atoms with E-state index >= 15 is 0 Å². The molecule has 0 atom stereocenters. The van der Waals surface area contributed by atoms with Gasteiger partial charge in [0, 0.05) is 18.2 Å². The van der Waals surface area contributed by atoms with Crippen molar-refractivity contribution in [3.05, 3.63) is 48.5 Å². The van der Waals surface area contributed by atoms with Crippen molar-refractivity contribution in [1.29, 1.82) is 0 Å². The molecule has 0 saturated heterocycles. The minimum Gasteiger partial charge on any atom is -0.484 e. The van der Waals surface area contributed by atoms with Crippen molar-refractivity contribution < 1.29 is 44.2 Å². The summed E-state index contributed by atoms with van der Waals surface area (Å²) in [4.78, 5) is -0.158. The van der Waals surface area contributed by atoms with Gasteiger partial charge >= 0.3 is 12.4 Å². The lowest BCUT2D eigenvalue weighted by Gasteiger charge is -2.15. The summed E-state index contributed by atoms with van der Waals surface area (Å²) in [6.07, 6.45) is -9.40. The quantitative estimate of drug-likeness (QED) is 0.664. The molecule has 0 heterocycles. The Morgan fingerprint density at radius 2 is 1.25 bits per heavy atom. The van der Waals surface area contributed by atoms with Gasteiger partial charge in [0.05, 0.1) is 10.6 Å². The molecule has 1 N–H and O–H groups in total. The molecule has 0 amide bonds. The van der Waals surface area contributed by atoms with Gasteiger partial charge in [-0.15, -0.1) is 0 Å². The molecule has 0 radical (unpaired) electrons. The van der Waals surface area contributed by atoms with Gasteiger partial charge in [0.25, 0.3) is 10.0 Å². The highest BCUT2D eigenvalue weighted by Gasteiger charge is 2.30. The van der Waals surface area contributed by atoms with E-state index < -0.39 is 47.1 Å². The summed E-state index contributed by atoms with van der Waals surface area (Å²) >= 11 is 0. The van der Waals surface area contributed by atoms with Crippen molar-refractivity contribution in [1.82, 2.24) is 0 Å². The highest BCUT2D eigenvalue weighted by atomic mass is 32.2. The Balaban J connectivity index is 2.30. The fraction of sp³-hybridized carbons (Fsp3) is 0.250. The fourth-order valence-electron chi connectivity index (χ4n) is 1.94. The number of rotatable bonds is 7. The summed E-state index contributed by atoms with van der Waals surface area (Å²) in [5, 5.41) is 0. The molecule has 12 heteroatoms. The standard InChI is InChI=1S/C16H13F6NO4S/c17-15(18,19)9-26-12-6-11(7-13(8-12)27-10-16(20,21)22)23-28(24,25)14-4-2-1-3-5-14/h1-8,23H,9-10H2. The normalized spacial score (nSPS) is 12.5. The molecule has 2 aromatic rings. The minimum atomic E-state index is -4.70. The maximum Gasteiger partial charge on any atom is 0.422 e. The average Bonchev–Trinajstić information content (AvgIpc) is 2.57. The van der Waals surface area contributed by atoms with Gasteiger partial charge in [-0.05, 0) is 12.1 Å². The molecule has 0 aromatic heterocycles. The second-order valence-electron chi connectivity index (χ2n) is 5.42. The molecule has 0 aliphatic rings. The SMILES string of the molecule is O=S(=O)(Nc1cc(OCC(F)(F)F)cc(OCC(F)(F)F)c1)c1ccccc1. The van der Waals surface area contributed by atoms with Crippen LogP contribution in [0.1, 0.15) is 0 Å². The van der Waals surface area contributed by atoms with E-state index in [1.165, 1.54) is 24.3 Å². The first-order chi connectivity index (χ1) is 12.8. The summed E-state index contributed by atoms with van der Waals surface area (Å²) in [7, 11) is -4.14. The Bertz CT molecular complexity index is 861. The van der Waals surface area contributed by atoms with Crippen LogP contribution in [0.4, 0.5) is 32.0 Å². The van der Waals surface area contributed by atoms with Gasteiger partial charge in [0.15, 0.2) is 13.2 Å². The molecule has 28 heavy (non-hydrogen) atoms. The van der Waals surface area contributed by atoms with Gasteiger partial charge in [-0.3, -0.25) is 4.72 Å². The van der Waals surface area contributed by atoms with Crippen LogP contribution in [0.25, 0.3) is 0 Å². The first-order valence-electron chi connectivity index (χ1n) is 7.46. The third-order valence-electron chi connectivity index (χ3n) is 2.99. The van der Waals surface area contributed by atoms with E-state index in [0.717, 1.165) is 18.2 Å². The van der Waals surface area contributed by atoms with Crippen molar-refractivity contribution in [3.8, 4) is 11.5 Å². The molecule has 0 bridgehead atoms. The largest absolute Gasteiger partial charge is 0.484 e. The number of nitrogens with one attached hydrogen (secondary N) is 1. The Labute approximate surface area is 155 Å². The Hall–Kier alpha value is -2.63. The Morgan fingerprint density at radius 3 is 1.68 bits per heavy atom. The number of sulfonamides is 1. The van der Waals surface area contributed by atoms with Gasteiger partial charge in [-0.2, -0.15) is 26.3 Å². The highest BCUT2D eigenvalue weighted by molar-refractivity contribution is 7.92. The average molecular weight is 429 g/mol. The number of benzene rings is 2. The number of halogens is 6. The maximum absolute atomic E-state index is 12.3. The lowest BCUT2D eigenvalue weighted by Crippen LogP contribution is -2.20. The van der Waals surface area contributed by atoms with E-state index in [2.05, 4.69) is 14.2 Å². The molecule has 5 nitrogen and oxygen atoms in total. The molecule has 0 spiro atoms. The summed E-state index contributed by atoms with van der Waals surface area (Å²) < 4.78 is 110. The predicted molar refractivity (Wildman–Crippen MR) is 86.8 cm³/mol. The van der Waals surface area contributed by atoms with Gasteiger partial charge < -0.3 is 9.47 Å². The topological polar surface area (TPSA) is 64.6 Å². The lowest BCUT2D eigenvalue weighted by molar-refractivity contribution is -0.153. The van der Waals surface area contributed by atoms with Crippen LogP contribution in [0.3, 0.4) is 0 Å². The monoisotopic (exact) mass is 429 g/mol. The van der Waals surface area contributed by atoms with Crippen LogP contribution in [-0.2, 0) is 10.0 Å². The highest BCUT2D eigenvalue weighted by Crippen LogP contribution is 2.30. The van der Waals surface area contributed by atoms with Gasteiger partial charge in [0.1, 0.15) is 11.5 Å². The van der Waals surface area contributed by atoms with Crippen molar-refractivity contribution in [3.63, 3.8) is 0 Å². The van der Waals surface area contributed by atoms with Crippen LogP contribution in [0.5, 0.6) is 11.5 Å². The van der Waals surface area contributed by atoms with E-state index in [1.54, 1.807) is 6.07 Å². The molecule has 0 aliphatic carbocycles. The van der Waals surface area contributed by atoms with Crippen LogP contribution in [0, 0.1) is 0 Å². The third-order valence-corrected chi connectivity index (χ3v) is 4.39. The first kappa shape index (κ1) is 21.7. The molecule has 0 unspecified atom stereocenters. The Kier molecular flexibility index (Phi) is 6.32. The number of ether oxygens (including phenoxy) is 2. The number of hydrogen-bond donors (Lipinski definition) is 1. The smallest absolute Gasteiger partial charge is 0.422 e. The molecule has 0 saturated carbocycles. The predicted octanol–water partition coefficient (Wildman–Crippen LogP) is 4.37. The number of anilines is 1. The molecule has 0 fully saturated rings. The lowest BCUT2D eigenvalue weighted by atomic mass is 10.3. The van der Waals surface area contributed by atoms with E-state index in [-0.39, 0.29) is 10.6 Å². The van der Waals surface area contributed by atoms with Gasteiger partial charge in [-0.1, -0.05) is 18.2 Å². The third kappa shape index (κ3) is 7.18. The zero-order chi connectivity index (χ0) is 21.0. The molecule has 2 rings (SSSR count). The number of alkyl halides is 6. The van der Waals surface area contributed by atoms with Crippen LogP contribution in [-0.4, -0.2) is 34.0 Å². The van der Waals surface area contributed by atoms with Gasteiger partial charge in [0.2, 0.25) is 0 Å². The maximum atomic E-state index is 12.3. The van der Waals surface area contributed by atoms with Crippen LogP contribution >= 0.6 is 0 Å². The minimum absolute atomic E-state index is 0.158. The molecule has 154 valence electrons. The van der Waals surface area contributed by atoms with Crippen molar-refractivity contribution in [2.24, 2.45) is 0 Å². The second-order valence-corrected chi connectivity index (χ2v) is 7.10. The van der Waals surface area contributed by atoms with E-state index in [4.69, 9.17) is 0 Å². The van der Waals surface area contributed by atoms with E-state index in [9.17, 15) is 34.8 Å². The summed E-state index contributed by atoms with van der Waals surface area (Å²) in [5.74, 6) is -1.05. The summed E-state index contributed by atoms with van der Waals surface area (Å²) in [6, 6.07) is 9.54. The zero-order valence-corrected chi connectivity index (χ0v) is 14.7. The van der Waals surface area contributed by atoms with Crippen molar-refractivity contribution in [2.45, 2.75) is 17.2 Å². The van der Waals surface area contributed by atoms with Crippen molar-refractivity contribution >= 4 is 15.7 Å². The van der Waals surface area contributed by atoms with Crippen LogP contribution < -0.4 is 14.2 Å². The molecule has 0 aliphatic heterocycles. The second kappa shape index (κ2) is 8.17. The Morgan fingerprint density at radius 1 is 0.786 bits per heavy atom. The summed E-state index contributed by atoms with van der Waals surface area (Å²) in [6.45, 7) is -3.44. The fourth-order valence-corrected chi connectivity index (χ4v) is 3.00. The molecular weight excluding hydrogens is 416 g/mol. The zero-order valence-electron chi connectivity index (χ0n) is 13.8. The van der Waals surface area contributed by atoms with Gasteiger partial charge in [-0.25, -0.2) is 8.42 Å². The van der Waals surface area contributed by atoms with E-state index in [1.807, 2.05) is 0 Å². The summed E-state index contributed by atoms with van der Waals surface area (Å²) in [5.41, 5.74) is -0.333. The number of hydrogen-bond acceptors (Lipinski definition) is 4. The van der Waals surface area contributed by atoms with Crippen LogP contribution in [0.15, 0.2) is 53.4 Å². The first-order valence-corrected chi connectivity index (χ1v) is 8.94. The van der Waals surface area contributed by atoms with Crippen molar-refractivity contribution in [2.75, 3.05) is 17.9 Å². The molecule has 2 aromatic carbocycles. The van der Waals surface area contributed by atoms with Crippen LogP contribution in [0.2, 0.25) is 0 Å². The molecular formula is C16H13F6NO4S.